The van der Waals surface area contributed by atoms with Crippen LogP contribution in [-0.4, -0.2) is 25.1 Å². The Hall–Kier alpha value is -3.34. The standard InChI is InChI=1S/C22H22N2O3/c1-26-18-10-11-20(21(14-18)27-2)24-22(25)19(17-8-4-3-5-9-17)13-16-7-6-12-23-15-16/h3-12,14-15,19H,13H2,1-2H3,(H,24,25). The normalized spacial score (nSPS) is 11.5. The molecule has 27 heavy (non-hydrogen) atoms. The van der Waals surface area contributed by atoms with Crippen LogP contribution in [0.1, 0.15) is 17.0 Å². The lowest BCUT2D eigenvalue weighted by atomic mass is 9.91. The second kappa shape index (κ2) is 8.85. The number of benzene rings is 2. The number of methoxy groups -OCH3 is 2. The summed E-state index contributed by atoms with van der Waals surface area (Å²) < 4.78 is 10.6. The molecule has 1 aromatic heterocycles. The number of nitrogens with one attached hydrogen (secondary N) is 1. The molecule has 0 fully saturated rings. The van der Waals surface area contributed by atoms with Crippen molar-refractivity contribution in [2.45, 2.75) is 12.3 Å². The van der Waals surface area contributed by atoms with Crippen molar-refractivity contribution in [3.05, 3.63) is 84.2 Å². The van der Waals surface area contributed by atoms with Gasteiger partial charge in [-0.2, -0.15) is 0 Å². The van der Waals surface area contributed by atoms with Crippen molar-refractivity contribution in [1.29, 1.82) is 0 Å². The molecular weight excluding hydrogens is 340 g/mol. The van der Waals surface area contributed by atoms with Crippen LogP contribution in [0.2, 0.25) is 0 Å². The quantitative estimate of drug-likeness (QED) is 0.688. The number of hydrogen-bond donors (Lipinski definition) is 1. The summed E-state index contributed by atoms with van der Waals surface area (Å²) >= 11 is 0. The van der Waals surface area contributed by atoms with E-state index in [-0.39, 0.29) is 11.8 Å². The van der Waals surface area contributed by atoms with Crippen molar-refractivity contribution < 1.29 is 14.3 Å². The van der Waals surface area contributed by atoms with Gasteiger partial charge in [0.2, 0.25) is 5.91 Å². The topological polar surface area (TPSA) is 60.5 Å². The zero-order valence-electron chi connectivity index (χ0n) is 15.4. The number of anilines is 1. The number of rotatable bonds is 7. The molecule has 1 heterocycles. The van der Waals surface area contributed by atoms with Crippen molar-refractivity contribution in [3.8, 4) is 11.5 Å². The van der Waals surface area contributed by atoms with E-state index in [9.17, 15) is 4.79 Å². The molecule has 0 saturated heterocycles. The Morgan fingerprint density at radius 3 is 2.52 bits per heavy atom. The first-order valence-electron chi connectivity index (χ1n) is 8.68. The van der Waals surface area contributed by atoms with Crippen LogP contribution in [0.4, 0.5) is 5.69 Å². The number of ether oxygens (including phenoxy) is 2. The van der Waals surface area contributed by atoms with Gasteiger partial charge in [-0.3, -0.25) is 9.78 Å². The molecule has 1 amide bonds. The second-order valence-corrected chi connectivity index (χ2v) is 6.08. The average Bonchev–Trinajstić information content (AvgIpc) is 2.73. The summed E-state index contributed by atoms with van der Waals surface area (Å²) in [6.45, 7) is 0. The van der Waals surface area contributed by atoms with E-state index in [2.05, 4.69) is 10.3 Å². The highest BCUT2D eigenvalue weighted by Gasteiger charge is 2.22. The summed E-state index contributed by atoms with van der Waals surface area (Å²) in [4.78, 5) is 17.3. The van der Waals surface area contributed by atoms with Gasteiger partial charge >= 0.3 is 0 Å². The summed E-state index contributed by atoms with van der Waals surface area (Å²) in [5.74, 6) is 0.770. The Kier molecular flexibility index (Phi) is 6.05. The van der Waals surface area contributed by atoms with Crippen LogP contribution in [0.15, 0.2) is 73.1 Å². The van der Waals surface area contributed by atoms with Crippen LogP contribution in [0.25, 0.3) is 0 Å². The molecule has 0 spiro atoms. The minimum absolute atomic E-state index is 0.103. The van der Waals surface area contributed by atoms with E-state index < -0.39 is 0 Å². The lowest BCUT2D eigenvalue weighted by Crippen LogP contribution is -2.23. The van der Waals surface area contributed by atoms with E-state index in [1.54, 1.807) is 44.8 Å². The number of hydrogen-bond acceptors (Lipinski definition) is 4. The minimum Gasteiger partial charge on any atom is -0.497 e. The molecular formula is C22H22N2O3. The SMILES string of the molecule is COc1ccc(NC(=O)C(Cc2cccnc2)c2ccccc2)c(OC)c1. The Balaban J connectivity index is 1.87. The Morgan fingerprint density at radius 2 is 1.85 bits per heavy atom. The second-order valence-electron chi connectivity index (χ2n) is 6.08. The third kappa shape index (κ3) is 4.64. The van der Waals surface area contributed by atoms with Crippen molar-refractivity contribution in [3.63, 3.8) is 0 Å². The largest absolute Gasteiger partial charge is 0.497 e. The third-order valence-corrected chi connectivity index (χ3v) is 4.35. The summed E-state index contributed by atoms with van der Waals surface area (Å²) in [5, 5.41) is 2.99. The van der Waals surface area contributed by atoms with Crippen molar-refractivity contribution in [2.75, 3.05) is 19.5 Å². The van der Waals surface area contributed by atoms with Crippen LogP contribution in [0, 0.1) is 0 Å². The van der Waals surface area contributed by atoms with Crippen LogP contribution in [0.5, 0.6) is 11.5 Å². The molecule has 138 valence electrons. The Morgan fingerprint density at radius 1 is 1.04 bits per heavy atom. The monoisotopic (exact) mass is 362 g/mol. The minimum atomic E-state index is -0.345. The third-order valence-electron chi connectivity index (χ3n) is 4.35. The van der Waals surface area contributed by atoms with Crippen molar-refractivity contribution >= 4 is 11.6 Å². The Bertz CT molecular complexity index is 883. The predicted octanol–water partition coefficient (Wildman–Crippen LogP) is 4.06. The fourth-order valence-corrected chi connectivity index (χ4v) is 2.92. The van der Waals surface area contributed by atoms with Gasteiger partial charge in [0, 0.05) is 18.5 Å². The molecule has 0 radical (unpaired) electrons. The molecule has 3 rings (SSSR count). The summed E-state index contributed by atoms with van der Waals surface area (Å²) in [5.41, 5.74) is 2.56. The molecule has 0 saturated carbocycles. The zero-order chi connectivity index (χ0) is 19.1. The summed E-state index contributed by atoms with van der Waals surface area (Å²) in [7, 11) is 3.15. The van der Waals surface area contributed by atoms with Gasteiger partial charge in [0.25, 0.3) is 0 Å². The van der Waals surface area contributed by atoms with Gasteiger partial charge in [0.1, 0.15) is 11.5 Å². The molecule has 1 unspecified atom stereocenters. The smallest absolute Gasteiger partial charge is 0.232 e. The van der Waals surface area contributed by atoms with Crippen LogP contribution < -0.4 is 14.8 Å². The van der Waals surface area contributed by atoms with Gasteiger partial charge in [0.05, 0.1) is 25.8 Å². The van der Waals surface area contributed by atoms with E-state index in [0.29, 0.717) is 23.6 Å². The fraction of sp³-hybridized carbons (Fsp3) is 0.182. The number of carbonyl (C=O) groups excluding carboxylic acids is 1. The van der Waals surface area contributed by atoms with E-state index >= 15 is 0 Å². The van der Waals surface area contributed by atoms with Crippen LogP contribution in [-0.2, 0) is 11.2 Å². The maximum atomic E-state index is 13.1. The maximum Gasteiger partial charge on any atom is 0.232 e. The van der Waals surface area contributed by atoms with Crippen LogP contribution in [0.3, 0.4) is 0 Å². The first-order chi connectivity index (χ1) is 13.2. The predicted molar refractivity (Wildman–Crippen MR) is 105 cm³/mol. The average molecular weight is 362 g/mol. The highest BCUT2D eigenvalue weighted by atomic mass is 16.5. The molecule has 5 nitrogen and oxygen atoms in total. The molecule has 2 aromatic carbocycles. The molecule has 0 aliphatic heterocycles. The van der Waals surface area contributed by atoms with Gasteiger partial charge in [-0.15, -0.1) is 0 Å². The van der Waals surface area contributed by atoms with E-state index in [0.717, 1.165) is 11.1 Å². The summed E-state index contributed by atoms with van der Waals surface area (Å²) in [6, 6.07) is 18.9. The van der Waals surface area contributed by atoms with Gasteiger partial charge in [-0.1, -0.05) is 36.4 Å². The number of aromatic nitrogens is 1. The molecule has 5 heteroatoms. The molecule has 1 N–H and O–H groups in total. The highest BCUT2D eigenvalue weighted by molar-refractivity contribution is 5.97. The number of pyridine rings is 1. The van der Waals surface area contributed by atoms with E-state index in [4.69, 9.17) is 9.47 Å². The van der Waals surface area contributed by atoms with Gasteiger partial charge in [-0.25, -0.2) is 0 Å². The van der Waals surface area contributed by atoms with Gasteiger partial charge < -0.3 is 14.8 Å². The first kappa shape index (κ1) is 18.5. The maximum absolute atomic E-state index is 13.1. The van der Waals surface area contributed by atoms with Gasteiger partial charge in [0.15, 0.2) is 0 Å². The molecule has 0 aliphatic carbocycles. The molecule has 1 atom stereocenters. The number of carbonyl (C=O) groups is 1. The molecule has 0 bridgehead atoms. The lowest BCUT2D eigenvalue weighted by molar-refractivity contribution is -0.117. The van der Waals surface area contributed by atoms with Gasteiger partial charge in [-0.05, 0) is 35.7 Å². The van der Waals surface area contributed by atoms with E-state index in [1.807, 2.05) is 42.5 Å². The lowest BCUT2D eigenvalue weighted by Gasteiger charge is -2.19. The Labute approximate surface area is 159 Å². The van der Waals surface area contributed by atoms with Crippen molar-refractivity contribution in [2.24, 2.45) is 0 Å². The summed E-state index contributed by atoms with van der Waals surface area (Å²) in [6.07, 6.45) is 4.07. The molecule has 0 aliphatic rings. The van der Waals surface area contributed by atoms with Crippen molar-refractivity contribution in [1.82, 2.24) is 4.98 Å². The van der Waals surface area contributed by atoms with Crippen LogP contribution >= 0.6 is 0 Å². The van der Waals surface area contributed by atoms with E-state index in [1.165, 1.54) is 0 Å². The molecule has 3 aromatic rings. The highest BCUT2D eigenvalue weighted by Crippen LogP contribution is 2.31. The fourth-order valence-electron chi connectivity index (χ4n) is 2.92. The first-order valence-corrected chi connectivity index (χ1v) is 8.68. The number of nitrogens with zero attached hydrogens (tertiary/aromatic N) is 1. The zero-order valence-corrected chi connectivity index (χ0v) is 15.4. The number of amides is 1.